The molecule has 7 N–H and O–H groups in total. The number of Topliss-reactive ketones (excluding diaryl/α,β-unsaturated/α-hetero) is 1. The molecular formula is C39H59N5O11. The van der Waals surface area contributed by atoms with E-state index in [1.165, 1.54) is 6.92 Å². The van der Waals surface area contributed by atoms with Crippen LogP contribution in [-0.2, 0) is 35.0 Å². The standard InChI is InChI=1S/C39H59N5O11/c1-8-39(6,7)35(50)29(42-38(3,4)5)22-25-9-14-30(47)28(21-25)44-43-27-12-10-26(11-13-27)36(51)40-15-16-52-17-18-53-19-20-54-37-32(41-24(2)46)34(49)33(48)31(23-45)55-37/h9-14,21,29,31-34,37,42,45,47-49H,8,15-20,22-23H2,1-7H3,(H,40,51)(H,41,46). The second-order valence-electron chi connectivity index (χ2n) is 15.1. The van der Waals surface area contributed by atoms with Crippen LogP contribution in [0, 0.1) is 5.41 Å². The van der Waals surface area contributed by atoms with Crippen molar-refractivity contribution in [3.05, 3.63) is 53.6 Å². The zero-order chi connectivity index (χ0) is 40.8. The first-order valence-corrected chi connectivity index (χ1v) is 18.6. The first-order chi connectivity index (χ1) is 25.9. The highest BCUT2D eigenvalue weighted by Crippen LogP contribution is 2.31. The number of azo groups is 1. The van der Waals surface area contributed by atoms with Crippen LogP contribution >= 0.6 is 0 Å². The Bertz CT molecular complexity index is 1560. The summed E-state index contributed by atoms with van der Waals surface area (Å²) in [5, 5.41) is 57.5. The Hall–Kier alpha value is -3.87. The molecule has 1 fully saturated rings. The quantitative estimate of drug-likeness (QED) is 0.0718. The third kappa shape index (κ3) is 14.6. The summed E-state index contributed by atoms with van der Waals surface area (Å²) < 4.78 is 22.1. The number of phenols is 1. The molecule has 55 heavy (non-hydrogen) atoms. The zero-order valence-corrected chi connectivity index (χ0v) is 32.9. The van der Waals surface area contributed by atoms with Crippen molar-refractivity contribution < 1.29 is 53.8 Å². The fraction of sp³-hybridized carbons (Fsp3) is 0.615. The summed E-state index contributed by atoms with van der Waals surface area (Å²) >= 11 is 0. The summed E-state index contributed by atoms with van der Waals surface area (Å²) in [6.45, 7) is 13.9. The number of aliphatic hydroxyl groups excluding tert-OH is 3. The van der Waals surface area contributed by atoms with E-state index in [1.807, 2.05) is 41.5 Å². The van der Waals surface area contributed by atoms with Gasteiger partial charge in [0.05, 0.1) is 51.4 Å². The molecule has 0 aliphatic carbocycles. The van der Waals surface area contributed by atoms with Crippen LogP contribution < -0.4 is 16.0 Å². The van der Waals surface area contributed by atoms with Crippen molar-refractivity contribution in [2.24, 2.45) is 15.6 Å². The predicted octanol–water partition coefficient (Wildman–Crippen LogP) is 2.84. The minimum absolute atomic E-state index is 0.0455. The molecule has 1 heterocycles. The van der Waals surface area contributed by atoms with Crippen molar-refractivity contribution in [3.8, 4) is 5.75 Å². The maximum absolute atomic E-state index is 13.4. The molecule has 16 heteroatoms. The van der Waals surface area contributed by atoms with Gasteiger partial charge in [-0.25, -0.2) is 0 Å². The Kier molecular flexibility index (Phi) is 17.7. The van der Waals surface area contributed by atoms with Crippen molar-refractivity contribution in [1.82, 2.24) is 16.0 Å². The molecule has 2 amide bonds. The number of aromatic hydroxyl groups is 1. The number of benzene rings is 2. The number of carbonyl (C=O) groups excluding carboxylic acids is 3. The van der Waals surface area contributed by atoms with Gasteiger partial charge in [0.15, 0.2) is 12.1 Å². The molecule has 1 aliphatic rings. The monoisotopic (exact) mass is 773 g/mol. The molecule has 1 aliphatic heterocycles. The number of rotatable bonds is 21. The van der Waals surface area contributed by atoms with Crippen LogP contribution in [-0.4, -0.2) is 126 Å². The summed E-state index contributed by atoms with van der Waals surface area (Å²) in [7, 11) is 0. The highest BCUT2D eigenvalue weighted by Gasteiger charge is 2.45. The summed E-state index contributed by atoms with van der Waals surface area (Å²) in [6, 6.07) is 10.1. The second-order valence-corrected chi connectivity index (χ2v) is 15.1. The number of carbonyl (C=O) groups is 3. The van der Waals surface area contributed by atoms with Crippen molar-refractivity contribution in [2.75, 3.05) is 46.2 Å². The molecule has 2 aromatic rings. The van der Waals surface area contributed by atoms with Gasteiger partial charge in [0.2, 0.25) is 5.91 Å². The van der Waals surface area contributed by atoms with Gasteiger partial charge in [0, 0.05) is 30.0 Å². The van der Waals surface area contributed by atoms with E-state index in [1.54, 1.807) is 42.5 Å². The van der Waals surface area contributed by atoms with Gasteiger partial charge in [0.25, 0.3) is 5.91 Å². The Morgan fingerprint density at radius 2 is 1.56 bits per heavy atom. The van der Waals surface area contributed by atoms with Gasteiger partial charge in [-0.15, -0.1) is 5.11 Å². The molecule has 6 atom stereocenters. The van der Waals surface area contributed by atoms with Gasteiger partial charge < -0.3 is 55.3 Å². The minimum Gasteiger partial charge on any atom is -0.506 e. The van der Waals surface area contributed by atoms with E-state index in [4.69, 9.17) is 18.9 Å². The van der Waals surface area contributed by atoms with E-state index in [2.05, 4.69) is 26.2 Å². The molecule has 0 spiro atoms. The second kappa shape index (κ2) is 21.4. The normalized spacial score (nSPS) is 21.0. The topological polar surface area (TPSA) is 230 Å². The molecule has 0 saturated carbocycles. The van der Waals surface area contributed by atoms with Gasteiger partial charge in [-0.1, -0.05) is 26.8 Å². The maximum Gasteiger partial charge on any atom is 0.251 e. The van der Waals surface area contributed by atoms with Gasteiger partial charge in [-0.05, 0) is 75.6 Å². The molecular weight excluding hydrogens is 714 g/mol. The molecule has 2 aromatic carbocycles. The first-order valence-electron chi connectivity index (χ1n) is 18.6. The number of nitrogens with zero attached hydrogens (tertiary/aromatic N) is 2. The highest BCUT2D eigenvalue weighted by atomic mass is 16.7. The van der Waals surface area contributed by atoms with Crippen LogP contribution in [0.3, 0.4) is 0 Å². The van der Waals surface area contributed by atoms with Gasteiger partial charge in [-0.2, -0.15) is 5.11 Å². The number of phenolic OH excluding ortho intramolecular Hbond substituents is 1. The Labute approximate surface area is 323 Å². The fourth-order valence-electron chi connectivity index (χ4n) is 5.68. The number of ketones is 1. The molecule has 0 bridgehead atoms. The van der Waals surface area contributed by atoms with Crippen LogP contribution in [0.4, 0.5) is 11.4 Å². The lowest BCUT2D eigenvalue weighted by Gasteiger charge is -2.42. The molecule has 0 aromatic heterocycles. The van der Waals surface area contributed by atoms with Crippen molar-refractivity contribution in [3.63, 3.8) is 0 Å². The van der Waals surface area contributed by atoms with E-state index in [-0.39, 0.29) is 68.2 Å². The van der Waals surface area contributed by atoms with E-state index in [0.29, 0.717) is 24.1 Å². The van der Waals surface area contributed by atoms with E-state index in [9.17, 15) is 34.8 Å². The third-order valence-electron chi connectivity index (χ3n) is 9.02. The van der Waals surface area contributed by atoms with E-state index in [0.717, 1.165) is 5.56 Å². The number of nitrogens with one attached hydrogen (secondary N) is 3. The van der Waals surface area contributed by atoms with Crippen molar-refractivity contribution in [1.29, 1.82) is 0 Å². The first kappa shape index (κ1) is 45.5. The lowest BCUT2D eigenvalue weighted by Crippen LogP contribution is -2.64. The van der Waals surface area contributed by atoms with E-state index >= 15 is 0 Å². The average Bonchev–Trinajstić information content (AvgIpc) is 3.13. The molecule has 16 nitrogen and oxygen atoms in total. The molecule has 3 rings (SSSR count). The van der Waals surface area contributed by atoms with Crippen molar-refractivity contribution in [2.45, 2.75) is 104 Å². The van der Waals surface area contributed by atoms with E-state index < -0.39 is 54.6 Å². The van der Waals surface area contributed by atoms with Crippen LogP contribution in [0.1, 0.15) is 70.8 Å². The molecule has 1 saturated heterocycles. The van der Waals surface area contributed by atoms with Crippen LogP contribution in [0.2, 0.25) is 0 Å². The fourth-order valence-corrected chi connectivity index (χ4v) is 5.68. The number of hydrogen-bond donors (Lipinski definition) is 7. The lowest BCUT2D eigenvalue weighted by atomic mass is 9.79. The molecule has 306 valence electrons. The molecule has 6 unspecified atom stereocenters. The third-order valence-corrected chi connectivity index (χ3v) is 9.02. The smallest absolute Gasteiger partial charge is 0.251 e. The number of ether oxygens (including phenoxy) is 4. The predicted molar refractivity (Wildman–Crippen MR) is 203 cm³/mol. The van der Waals surface area contributed by atoms with Crippen LogP contribution in [0.5, 0.6) is 5.75 Å². The summed E-state index contributed by atoms with van der Waals surface area (Å²) in [4.78, 5) is 37.6. The Morgan fingerprint density at radius 3 is 2.18 bits per heavy atom. The number of amides is 2. The Morgan fingerprint density at radius 1 is 0.909 bits per heavy atom. The minimum atomic E-state index is -1.39. The summed E-state index contributed by atoms with van der Waals surface area (Å²) in [5.74, 6) is -0.664. The zero-order valence-electron chi connectivity index (χ0n) is 32.9. The van der Waals surface area contributed by atoms with Gasteiger partial charge in [-0.3, -0.25) is 14.4 Å². The summed E-state index contributed by atoms with van der Waals surface area (Å²) in [5.41, 5.74) is 1.22. The highest BCUT2D eigenvalue weighted by molar-refractivity contribution is 5.94. The number of aliphatic hydroxyl groups is 3. The average molecular weight is 774 g/mol. The summed E-state index contributed by atoms with van der Waals surface area (Å²) in [6.07, 6.45) is -3.81. The number of hydrogen-bond acceptors (Lipinski definition) is 14. The van der Waals surface area contributed by atoms with Crippen LogP contribution in [0.25, 0.3) is 0 Å². The lowest BCUT2D eigenvalue weighted by molar-refractivity contribution is -0.272. The van der Waals surface area contributed by atoms with Crippen LogP contribution in [0.15, 0.2) is 52.7 Å². The van der Waals surface area contributed by atoms with Gasteiger partial charge in [0.1, 0.15) is 35.8 Å². The SMILES string of the molecule is CCC(C)(C)C(=O)C(Cc1ccc(O)c(N=Nc2ccc(C(=O)NCCOCCOCCOC3OC(CO)C(O)C(O)C3NC(C)=O)cc2)c1)NC(C)(C)C. The van der Waals surface area contributed by atoms with Crippen molar-refractivity contribution >= 4 is 29.0 Å². The van der Waals surface area contributed by atoms with Gasteiger partial charge >= 0.3 is 0 Å². The maximum atomic E-state index is 13.4. The Balaban J connectivity index is 1.39. The molecule has 0 radical (unpaired) electrons. The largest absolute Gasteiger partial charge is 0.506 e.